The zero-order valence-corrected chi connectivity index (χ0v) is 9.91. The van der Waals surface area contributed by atoms with Crippen molar-refractivity contribution in [1.82, 2.24) is 0 Å². The predicted molar refractivity (Wildman–Crippen MR) is 63.5 cm³/mol. The minimum atomic E-state index is 0. The van der Waals surface area contributed by atoms with Crippen LogP contribution in [0.15, 0.2) is 53.5 Å². The Morgan fingerprint density at radius 1 is 0.882 bits per heavy atom. The van der Waals surface area contributed by atoms with Gasteiger partial charge in [0.25, 0.3) is 0 Å². The van der Waals surface area contributed by atoms with Crippen molar-refractivity contribution in [3.8, 4) is 11.5 Å². The molecule has 0 spiro atoms. The van der Waals surface area contributed by atoms with Gasteiger partial charge in [-0.2, -0.15) is 0 Å². The van der Waals surface area contributed by atoms with E-state index in [1.807, 2.05) is 6.07 Å². The molecule has 0 aliphatic heterocycles. The van der Waals surface area contributed by atoms with Crippen LogP contribution in [0.1, 0.15) is 5.56 Å². The van der Waals surface area contributed by atoms with Crippen LogP contribution in [-0.2, 0) is 16.8 Å². The summed E-state index contributed by atoms with van der Waals surface area (Å²) < 4.78 is 0. The van der Waals surface area contributed by atoms with Crippen LogP contribution < -0.4 is 0 Å². The Morgan fingerprint density at radius 2 is 1.53 bits per heavy atom. The molecule has 0 atom stereocenters. The minimum Gasteiger partial charge on any atom is -0.508 e. The molecule has 0 unspecified atom stereocenters. The molecule has 1 radical (unpaired) electrons. The summed E-state index contributed by atoms with van der Waals surface area (Å²) in [6.45, 7) is 0. The van der Waals surface area contributed by atoms with Gasteiger partial charge < -0.3 is 10.2 Å². The predicted octanol–water partition coefficient (Wildman–Crippen LogP) is 2.85. The summed E-state index contributed by atoms with van der Waals surface area (Å²) in [6.07, 6.45) is 1.59. The van der Waals surface area contributed by atoms with Crippen LogP contribution in [-0.4, -0.2) is 16.4 Å². The van der Waals surface area contributed by atoms with E-state index in [-0.39, 0.29) is 28.3 Å². The maximum Gasteiger partial charge on any atom is 0.124 e. The SMILES string of the molecule is Oc1ccc(N=Cc2ccccc2O)cc1.[Co]. The topological polar surface area (TPSA) is 52.8 Å². The second kappa shape index (κ2) is 6.08. The molecule has 0 aliphatic rings. The van der Waals surface area contributed by atoms with Crippen molar-refractivity contribution in [2.45, 2.75) is 0 Å². The number of aromatic hydroxyl groups is 2. The van der Waals surface area contributed by atoms with Crippen molar-refractivity contribution in [3.63, 3.8) is 0 Å². The standard InChI is InChI=1S/C13H11NO2.Co/c15-12-7-5-11(6-8-12)14-9-10-3-1-2-4-13(10)16;/h1-9,15-16H;. The minimum absolute atomic E-state index is 0. The third-order valence-electron chi connectivity index (χ3n) is 2.14. The number of phenols is 2. The van der Waals surface area contributed by atoms with Crippen LogP contribution >= 0.6 is 0 Å². The maximum absolute atomic E-state index is 9.50. The van der Waals surface area contributed by atoms with E-state index in [0.717, 1.165) is 5.69 Å². The molecule has 0 heterocycles. The molecule has 89 valence electrons. The molecular weight excluding hydrogens is 261 g/mol. The number of rotatable bonds is 2. The van der Waals surface area contributed by atoms with Gasteiger partial charge in [0, 0.05) is 28.6 Å². The van der Waals surface area contributed by atoms with Crippen molar-refractivity contribution in [1.29, 1.82) is 0 Å². The molecule has 0 aliphatic carbocycles. The van der Waals surface area contributed by atoms with Crippen molar-refractivity contribution in [2.75, 3.05) is 0 Å². The van der Waals surface area contributed by atoms with Gasteiger partial charge in [-0.25, -0.2) is 0 Å². The first-order valence-electron chi connectivity index (χ1n) is 4.87. The molecule has 0 bridgehead atoms. The average molecular weight is 272 g/mol. The molecule has 0 saturated carbocycles. The molecule has 0 fully saturated rings. The Bertz CT molecular complexity index is 509. The molecule has 2 aromatic rings. The number of para-hydroxylation sites is 1. The molecule has 0 aromatic heterocycles. The third kappa shape index (κ3) is 3.62. The van der Waals surface area contributed by atoms with E-state index in [0.29, 0.717) is 5.56 Å². The first-order valence-corrected chi connectivity index (χ1v) is 4.87. The van der Waals surface area contributed by atoms with Gasteiger partial charge in [-0.1, -0.05) is 12.1 Å². The third-order valence-corrected chi connectivity index (χ3v) is 2.14. The van der Waals surface area contributed by atoms with Gasteiger partial charge in [0.15, 0.2) is 0 Å². The molecule has 0 amide bonds. The van der Waals surface area contributed by atoms with Crippen molar-refractivity contribution < 1.29 is 27.0 Å². The molecule has 0 saturated heterocycles. The normalized spacial score (nSPS) is 10.1. The van der Waals surface area contributed by atoms with Crippen LogP contribution in [0.3, 0.4) is 0 Å². The maximum atomic E-state index is 9.50. The van der Waals surface area contributed by atoms with Crippen LogP contribution in [0.4, 0.5) is 5.69 Å². The van der Waals surface area contributed by atoms with Crippen LogP contribution in [0.25, 0.3) is 0 Å². The van der Waals surface area contributed by atoms with E-state index in [9.17, 15) is 5.11 Å². The molecular formula is C13H11CoNO2. The average Bonchev–Trinajstić information content (AvgIpc) is 2.30. The van der Waals surface area contributed by atoms with Gasteiger partial charge in [-0.05, 0) is 36.4 Å². The second-order valence-corrected chi connectivity index (χ2v) is 3.33. The Balaban J connectivity index is 0.00000144. The van der Waals surface area contributed by atoms with E-state index in [2.05, 4.69) is 4.99 Å². The van der Waals surface area contributed by atoms with Crippen LogP contribution in [0.5, 0.6) is 11.5 Å². The largest absolute Gasteiger partial charge is 0.508 e. The molecule has 2 N–H and O–H groups in total. The molecule has 2 rings (SSSR count). The number of phenolic OH excluding ortho intramolecular Hbond substituents is 2. The van der Waals surface area contributed by atoms with E-state index >= 15 is 0 Å². The van der Waals surface area contributed by atoms with Crippen molar-refractivity contribution >= 4 is 11.9 Å². The summed E-state index contributed by atoms with van der Waals surface area (Å²) >= 11 is 0. The summed E-state index contributed by atoms with van der Waals surface area (Å²) in [6, 6.07) is 13.5. The number of benzene rings is 2. The zero-order chi connectivity index (χ0) is 11.4. The van der Waals surface area contributed by atoms with Crippen molar-refractivity contribution in [3.05, 3.63) is 54.1 Å². The van der Waals surface area contributed by atoms with E-state index < -0.39 is 0 Å². The molecule has 2 aromatic carbocycles. The van der Waals surface area contributed by atoms with Gasteiger partial charge in [0.05, 0.1) is 5.69 Å². The fourth-order valence-corrected chi connectivity index (χ4v) is 1.28. The quantitative estimate of drug-likeness (QED) is 0.826. The van der Waals surface area contributed by atoms with Gasteiger partial charge in [0.2, 0.25) is 0 Å². The van der Waals surface area contributed by atoms with Gasteiger partial charge in [-0.3, -0.25) is 4.99 Å². The van der Waals surface area contributed by atoms with Crippen LogP contribution in [0.2, 0.25) is 0 Å². The van der Waals surface area contributed by atoms with E-state index in [1.165, 1.54) is 0 Å². The zero-order valence-electron chi connectivity index (χ0n) is 8.87. The number of hydrogen-bond acceptors (Lipinski definition) is 3. The summed E-state index contributed by atoms with van der Waals surface area (Å²) in [5, 5.41) is 18.6. The molecule has 4 heteroatoms. The summed E-state index contributed by atoms with van der Waals surface area (Å²) in [5.74, 6) is 0.409. The Kier molecular flexibility index (Phi) is 4.75. The van der Waals surface area contributed by atoms with Gasteiger partial charge in [0.1, 0.15) is 11.5 Å². The summed E-state index contributed by atoms with van der Waals surface area (Å²) in [7, 11) is 0. The molecule has 17 heavy (non-hydrogen) atoms. The second-order valence-electron chi connectivity index (χ2n) is 3.33. The monoisotopic (exact) mass is 272 g/mol. The Morgan fingerprint density at radius 3 is 2.18 bits per heavy atom. The smallest absolute Gasteiger partial charge is 0.124 e. The van der Waals surface area contributed by atoms with E-state index in [4.69, 9.17) is 5.11 Å². The van der Waals surface area contributed by atoms with Crippen LogP contribution in [0, 0.1) is 0 Å². The first kappa shape index (κ1) is 13.3. The van der Waals surface area contributed by atoms with Gasteiger partial charge in [-0.15, -0.1) is 0 Å². The fraction of sp³-hybridized carbons (Fsp3) is 0. The summed E-state index contributed by atoms with van der Waals surface area (Å²) in [5.41, 5.74) is 1.39. The summed E-state index contributed by atoms with van der Waals surface area (Å²) in [4.78, 5) is 4.18. The number of nitrogens with zero attached hydrogens (tertiary/aromatic N) is 1. The number of aliphatic imine (C=N–C) groups is 1. The fourth-order valence-electron chi connectivity index (χ4n) is 1.28. The molecule has 3 nitrogen and oxygen atoms in total. The number of hydrogen-bond donors (Lipinski definition) is 2. The Hall–Kier alpha value is -1.78. The first-order chi connectivity index (χ1) is 7.75. The van der Waals surface area contributed by atoms with Crippen molar-refractivity contribution in [2.24, 2.45) is 4.99 Å². The van der Waals surface area contributed by atoms with Gasteiger partial charge >= 0.3 is 0 Å². The Labute approximate surface area is 110 Å². The van der Waals surface area contributed by atoms with E-state index in [1.54, 1.807) is 48.7 Å².